The molecule has 1 fully saturated rings. The van der Waals surface area contributed by atoms with Crippen LogP contribution in [0.15, 0.2) is 11.9 Å². The summed E-state index contributed by atoms with van der Waals surface area (Å²) in [4.78, 5) is 12.2. The molecule has 1 aliphatic heterocycles. The minimum Gasteiger partial charge on any atom is -0.364 e. The molecule has 0 aliphatic carbocycles. The molecule has 1 rings (SSSR count). The predicted molar refractivity (Wildman–Crippen MR) is 39.4 cm³/mol. The summed E-state index contributed by atoms with van der Waals surface area (Å²) in [6.07, 6.45) is 2.38. The van der Waals surface area contributed by atoms with Crippen LogP contribution in [0.4, 0.5) is 4.39 Å². The van der Waals surface area contributed by atoms with E-state index < -0.39 is 11.7 Å². The van der Waals surface area contributed by atoms with Crippen molar-refractivity contribution in [2.75, 3.05) is 19.6 Å². The fourth-order valence-electron chi connectivity index (χ4n) is 0.874. The highest BCUT2D eigenvalue weighted by Crippen LogP contribution is 2.05. The topological polar surface area (TPSA) is 46.3 Å². The second-order valence-electron chi connectivity index (χ2n) is 2.57. The summed E-state index contributed by atoms with van der Waals surface area (Å²) in [6, 6.07) is 0. The molecule has 2 N–H and O–H groups in total. The van der Waals surface area contributed by atoms with E-state index in [9.17, 15) is 9.18 Å². The monoisotopic (exact) mass is 158 g/mol. The van der Waals surface area contributed by atoms with E-state index in [1.54, 1.807) is 0 Å². The van der Waals surface area contributed by atoms with Crippen LogP contribution in [0.3, 0.4) is 0 Å². The third-order valence-electron chi connectivity index (χ3n) is 1.71. The normalized spacial score (nSPS) is 19.5. The van der Waals surface area contributed by atoms with Crippen LogP contribution in [0, 0.1) is 0 Å². The SMILES string of the molecule is NC(=O)/C(F)=C\CN1CCC1. The average molecular weight is 158 g/mol. The summed E-state index contributed by atoms with van der Waals surface area (Å²) >= 11 is 0. The lowest BCUT2D eigenvalue weighted by Gasteiger charge is -2.29. The first-order chi connectivity index (χ1) is 5.20. The fraction of sp³-hybridized carbons (Fsp3) is 0.571. The smallest absolute Gasteiger partial charge is 0.277 e. The van der Waals surface area contributed by atoms with Crippen molar-refractivity contribution in [3.63, 3.8) is 0 Å². The maximum Gasteiger partial charge on any atom is 0.277 e. The molecule has 62 valence electrons. The molecule has 0 radical (unpaired) electrons. The van der Waals surface area contributed by atoms with Crippen LogP contribution in [0.2, 0.25) is 0 Å². The maximum atomic E-state index is 12.4. The summed E-state index contributed by atoms with van der Waals surface area (Å²) in [6.45, 7) is 2.47. The molecule has 0 aromatic rings. The van der Waals surface area contributed by atoms with Gasteiger partial charge in [-0.15, -0.1) is 0 Å². The number of primary amides is 1. The van der Waals surface area contributed by atoms with Gasteiger partial charge in [0.2, 0.25) is 0 Å². The van der Waals surface area contributed by atoms with Gasteiger partial charge in [-0.3, -0.25) is 9.69 Å². The highest BCUT2D eigenvalue weighted by molar-refractivity contribution is 5.89. The van der Waals surface area contributed by atoms with Gasteiger partial charge in [0.05, 0.1) is 0 Å². The lowest BCUT2D eigenvalue weighted by molar-refractivity contribution is -0.115. The molecule has 1 amide bonds. The largest absolute Gasteiger partial charge is 0.364 e. The zero-order chi connectivity index (χ0) is 8.27. The molecule has 0 bridgehead atoms. The second-order valence-corrected chi connectivity index (χ2v) is 2.57. The Hall–Kier alpha value is -0.900. The number of nitrogens with two attached hydrogens (primary N) is 1. The van der Waals surface area contributed by atoms with Crippen LogP contribution in [-0.4, -0.2) is 30.4 Å². The lowest BCUT2D eigenvalue weighted by atomic mass is 10.2. The van der Waals surface area contributed by atoms with Crippen LogP contribution in [0.1, 0.15) is 6.42 Å². The number of hydrogen-bond acceptors (Lipinski definition) is 2. The molecular weight excluding hydrogens is 147 g/mol. The maximum absolute atomic E-state index is 12.4. The molecule has 0 aromatic carbocycles. The lowest BCUT2D eigenvalue weighted by Crippen LogP contribution is -2.37. The van der Waals surface area contributed by atoms with Crippen LogP contribution >= 0.6 is 0 Å². The first kappa shape index (κ1) is 8.20. The van der Waals surface area contributed by atoms with Gasteiger partial charge in [0.1, 0.15) is 0 Å². The van der Waals surface area contributed by atoms with E-state index in [2.05, 4.69) is 5.73 Å². The number of halogens is 1. The molecule has 0 unspecified atom stereocenters. The van der Waals surface area contributed by atoms with E-state index in [0.29, 0.717) is 6.54 Å². The zero-order valence-electron chi connectivity index (χ0n) is 6.22. The van der Waals surface area contributed by atoms with Crippen molar-refractivity contribution < 1.29 is 9.18 Å². The number of amides is 1. The van der Waals surface area contributed by atoms with E-state index in [1.807, 2.05) is 4.90 Å². The van der Waals surface area contributed by atoms with Crippen LogP contribution < -0.4 is 5.73 Å². The molecular formula is C7H11FN2O. The quantitative estimate of drug-likeness (QED) is 0.589. The molecule has 4 heteroatoms. The summed E-state index contributed by atoms with van der Waals surface area (Å²) in [5, 5.41) is 0. The van der Waals surface area contributed by atoms with Crippen molar-refractivity contribution in [1.82, 2.24) is 4.90 Å². The van der Waals surface area contributed by atoms with Gasteiger partial charge < -0.3 is 5.73 Å². The molecule has 1 aliphatic rings. The molecule has 0 aromatic heterocycles. The van der Waals surface area contributed by atoms with Gasteiger partial charge in [0.15, 0.2) is 5.83 Å². The van der Waals surface area contributed by atoms with Crippen molar-refractivity contribution in [1.29, 1.82) is 0 Å². The Morgan fingerprint density at radius 1 is 1.64 bits per heavy atom. The number of likely N-dealkylation sites (tertiary alicyclic amines) is 1. The fourth-order valence-corrected chi connectivity index (χ4v) is 0.874. The molecule has 0 saturated carbocycles. The van der Waals surface area contributed by atoms with Gasteiger partial charge in [0.25, 0.3) is 5.91 Å². The van der Waals surface area contributed by atoms with Gasteiger partial charge in [-0.2, -0.15) is 0 Å². The van der Waals surface area contributed by atoms with Crippen molar-refractivity contribution in [3.8, 4) is 0 Å². The van der Waals surface area contributed by atoms with Gasteiger partial charge in [0, 0.05) is 6.54 Å². The van der Waals surface area contributed by atoms with Crippen LogP contribution in [0.5, 0.6) is 0 Å². The molecule has 1 saturated heterocycles. The Kier molecular flexibility index (Phi) is 2.59. The first-order valence-corrected chi connectivity index (χ1v) is 3.58. The number of carbonyl (C=O) groups excluding carboxylic acids is 1. The van der Waals surface area contributed by atoms with E-state index in [0.717, 1.165) is 19.5 Å². The third-order valence-corrected chi connectivity index (χ3v) is 1.71. The standard InChI is InChI=1S/C7H11FN2O/c8-6(7(9)11)2-5-10-3-1-4-10/h2H,1,3-5H2,(H2,9,11)/b6-2+. The van der Waals surface area contributed by atoms with Gasteiger partial charge in [-0.05, 0) is 25.6 Å². The Morgan fingerprint density at radius 2 is 2.27 bits per heavy atom. The van der Waals surface area contributed by atoms with Crippen LogP contribution in [0.25, 0.3) is 0 Å². The average Bonchev–Trinajstić information content (AvgIpc) is 1.83. The Labute approximate surface area is 64.7 Å². The highest BCUT2D eigenvalue weighted by atomic mass is 19.1. The molecule has 11 heavy (non-hydrogen) atoms. The van der Waals surface area contributed by atoms with E-state index >= 15 is 0 Å². The predicted octanol–water partition coefficient (Wildman–Crippen LogP) is 0.0308. The van der Waals surface area contributed by atoms with Gasteiger partial charge in [-0.25, -0.2) is 4.39 Å². The highest BCUT2D eigenvalue weighted by Gasteiger charge is 2.12. The number of rotatable bonds is 3. The van der Waals surface area contributed by atoms with Crippen LogP contribution in [-0.2, 0) is 4.79 Å². The molecule has 1 heterocycles. The number of nitrogens with zero attached hydrogens (tertiary/aromatic N) is 1. The second kappa shape index (κ2) is 3.48. The van der Waals surface area contributed by atoms with Gasteiger partial charge in [-0.1, -0.05) is 0 Å². The van der Waals surface area contributed by atoms with Crippen molar-refractivity contribution in [2.45, 2.75) is 6.42 Å². The van der Waals surface area contributed by atoms with Crippen molar-refractivity contribution in [2.24, 2.45) is 5.73 Å². The minimum absolute atomic E-state index is 0.495. The Morgan fingerprint density at radius 3 is 2.64 bits per heavy atom. The van der Waals surface area contributed by atoms with Crippen molar-refractivity contribution in [3.05, 3.63) is 11.9 Å². The third kappa shape index (κ3) is 2.31. The van der Waals surface area contributed by atoms with Crippen molar-refractivity contribution >= 4 is 5.91 Å². The summed E-state index contributed by atoms with van der Waals surface area (Å²) < 4.78 is 12.4. The number of hydrogen-bond donors (Lipinski definition) is 1. The first-order valence-electron chi connectivity index (χ1n) is 3.58. The summed E-state index contributed by atoms with van der Waals surface area (Å²) in [7, 11) is 0. The zero-order valence-corrected chi connectivity index (χ0v) is 6.22. The summed E-state index contributed by atoms with van der Waals surface area (Å²) in [5.41, 5.74) is 4.68. The Bertz CT molecular complexity index is 187. The van der Waals surface area contributed by atoms with E-state index in [-0.39, 0.29) is 0 Å². The van der Waals surface area contributed by atoms with E-state index in [4.69, 9.17) is 0 Å². The van der Waals surface area contributed by atoms with E-state index in [1.165, 1.54) is 6.08 Å². The summed E-state index contributed by atoms with van der Waals surface area (Å²) in [5.74, 6) is -1.82. The van der Waals surface area contributed by atoms with Gasteiger partial charge >= 0.3 is 0 Å². The molecule has 0 spiro atoms. The number of carbonyl (C=O) groups is 1. The Balaban J connectivity index is 2.27. The molecule has 0 atom stereocenters. The minimum atomic E-state index is -0.981. The molecule has 3 nitrogen and oxygen atoms in total.